The zero-order chi connectivity index (χ0) is 22.0. The van der Waals surface area contributed by atoms with E-state index in [0.717, 1.165) is 29.8 Å². The summed E-state index contributed by atoms with van der Waals surface area (Å²) in [5, 5.41) is 1.18. The van der Waals surface area contributed by atoms with Gasteiger partial charge in [-0.15, -0.1) is 0 Å². The van der Waals surface area contributed by atoms with E-state index in [-0.39, 0.29) is 24.5 Å². The Bertz CT molecular complexity index is 1000. The molecular weight excluding hydrogens is 408 g/mol. The van der Waals surface area contributed by atoms with Gasteiger partial charge in [-0.1, -0.05) is 30.4 Å². The summed E-state index contributed by atoms with van der Waals surface area (Å²) >= 11 is 0. The Labute approximate surface area is 187 Å². The van der Waals surface area contributed by atoms with E-state index < -0.39 is 12.0 Å². The fraction of sp³-hybridized carbons (Fsp3) is 0.560. The fourth-order valence-electron chi connectivity index (χ4n) is 6.63. The second-order valence-electron chi connectivity index (χ2n) is 9.91. The van der Waals surface area contributed by atoms with Crippen molar-refractivity contribution in [3.63, 3.8) is 0 Å². The maximum Gasteiger partial charge on any atom is 0.329 e. The van der Waals surface area contributed by atoms with Gasteiger partial charge in [0, 0.05) is 32.9 Å². The van der Waals surface area contributed by atoms with E-state index in [1.54, 1.807) is 0 Å². The molecule has 32 heavy (non-hydrogen) atoms. The highest BCUT2D eigenvalue weighted by Crippen LogP contribution is 2.51. The van der Waals surface area contributed by atoms with Crippen molar-refractivity contribution >= 4 is 17.8 Å². The number of aryl methyl sites for hydroxylation is 1. The maximum absolute atomic E-state index is 12.9. The predicted molar refractivity (Wildman–Crippen MR) is 114 cm³/mol. The van der Waals surface area contributed by atoms with E-state index in [4.69, 9.17) is 9.57 Å². The maximum atomic E-state index is 12.9. The van der Waals surface area contributed by atoms with Crippen molar-refractivity contribution in [1.29, 1.82) is 0 Å². The quantitative estimate of drug-likeness (QED) is 0.677. The zero-order valence-electron chi connectivity index (χ0n) is 18.2. The van der Waals surface area contributed by atoms with Crippen LogP contribution >= 0.6 is 0 Å². The van der Waals surface area contributed by atoms with E-state index in [1.807, 2.05) is 0 Å². The Hall–Kier alpha value is -2.67. The molecule has 2 amide bonds. The molecule has 3 aliphatic carbocycles. The highest BCUT2D eigenvalue weighted by atomic mass is 16.7. The number of carbonyl (C=O) groups is 3. The summed E-state index contributed by atoms with van der Waals surface area (Å²) in [4.78, 5) is 44.1. The smallest absolute Gasteiger partial charge is 0.329 e. The number of nitrogens with zero attached hydrogens (tertiary/aromatic N) is 2. The van der Waals surface area contributed by atoms with Gasteiger partial charge in [0.15, 0.2) is 0 Å². The molecule has 5 aliphatic rings. The summed E-state index contributed by atoms with van der Waals surface area (Å²) in [5.41, 5.74) is 3.10. The number of likely N-dealkylation sites (tertiary alicyclic amines) is 1. The van der Waals surface area contributed by atoms with Gasteiger partial charge in [0.05, 0.1) is 6.10 Å². The Morgan fingerprint density at radius 3 is 2.62 bits per heavy atom. The van der Waals surface area contributed by atoms with E-state index in [0.29, 0.717) is 42.9 Å². The number of hydroxylamine groups is 2. The second kappa shape index (κ2) is 7.44. The van der Waals surface area contributed by atoms with Crippen LogP contribution in [0, 0.1) is 23.7 Å². The molecule has 2 bridgehead atoms. The van der Waals surface area contributed by atoms with Crippen LogP contribution in [0.1, 0.15) is 42.5 Å². The van der Waals surface area contributed by atoms with Crippen LogP contribution in [-0.4, -0.2) is 53.5 Å². The van der Waals surface area contributed by atoms with Gasteiger partial charge in [0.25, 0.3) is 5.91 Å². The molecule has 6 atom stereocenters. The number of carbonyl (C=O) groups excluding carboxylic acids is 3. The van der Waals surface area contributed by atoms with Crippen molar-refractivity contribution in [2.45, 2.75) is 44.8 Å². The topological polar surface area (TPSA) is 76.1 Å². The Morgan fingerprint density at radius 2 is 1.91 bits per heavy atom. The standard InChI is InChI=1S/C25H28N2O5/c1-14(28)32-27-24(30)13-31-22-10-18-4-2-15(8-19(18)25(22)27)3-7-23(29)26-11-20-16-5-6-17(9-16)21(20)12-26/h2,4-6,8,16-17,20-22,25H,3,7,9-13H2,1H3/t16-,17+,20+,21-,22-,25+/m1/s1. The molecule has 0 aromatic heterocycles. The number of amides is 2. The number of hydrogen-bond donors (Lipinski definition) is 0. The molecule has 2 aliphatic heterocycles. The number of morpholine rings is 1. The minimum atomic E-state index is -0.520. The fourth-order valence-corrected chi connectivity index (χ4v) is 6.63. The third-order valence-electron chi connectivity index (χ3n) is 8.09. The Balaban J connectivity index is 1.13. The van der Waals surface area contributed by atoms with E-state index in [9.17, 15) is 14.4 Å². The van der Waals surface area contributed by atoms with Crippen LogP contribution in [0.25, 0.3) is 0 Å². The summed E-state index contributed by atoms with van der Waals surface area (Å²) in [6.45, 7) is 3.02. The van der Waals surface area contributed by atoms with Gasteiger partial charge in [-0.3, -0.25) is 14.4 Å². The summed E-state index contributed by atoms with van der Waals surface area (Å²) in [6, 6.07) is 5.74. The van der Waals surface area contributed by atoms with Crippen molar-refractivity contribution in [3.05, 3.63) is 47.0 Å². The van der Waals surface area contributed by atoms with Gasteiger partial charge < -0.3 is 14.5 Å². The molecule has 1 aromatic carbocycles. The lowest BCUT2D eigenvalue weighted by atomic mass is 9.86. The lowest BCUT2D eigenvalue weighted by Crippen LogP contribution is -2.48. The highest BCUT2D eigenvalue weighted by molar-refractivity contribution is 5.80. The number of fused-ring (bicyclic) bond motifs is 8. The Kier molecular flexibility index (Phi) is 4.64. The average molecular weight is 437 g/mol. The largest absolute Gasteiger partial charge is 0.365 e. The molecule has 1 saturated carbocycles. The number of rotatable bonds is 4. The van der Waals surface area contributed by atoms with Crippen LogP contribution < -0.4 is 0 Å². The number of allylic oxidation sites excluding steroid dienone is 2. The first-order valence-corrected chi connectivity index (χ1v) is 11.7. The SMILES string of the molecule is CC(=O)ON1C(=O)CO[C@@H]2Cc3ccc(CCC(=O)N4C[C@@H]5[C@H](C4)[C@H]4C=C[C@@H]5C4)cc3[C@@H]21. The van der Waals surface area contributed by atoms with Crippen LogP contribution in [0.5, 0.6) is 0 Å². The summed E-state index contributed by atoms with van der Waals surface area (Å²) in [7, 11) is 0. The summed E-state index contributed by atoms with van der Waals surface area (Å²) < 4.78 is 5.72. The normalized spacial score (nSPS) is 34.0. The van der Waals surface area contributed by atoms with E-state index in [2.05, 4.69) is 35.3 Å². The molecule has 2 saturated heterocycles. The van der Waals surface area contributed by atoms with Crippen LogP contribution in [0.2, 0.25) is 0 Å². The second-order valence-corrected chi connectivity index (χ2v) is 9.91. The lowest BCUT2D eigenvalue weighted by molar-refractivity contribution is -0.231. The zero-order valence-corrected chi connectivity index (χ0v) is 18.2. The van der Waals surface area contributed by atoms with Crippen molar-refractivity contribution < 1.29 is 24.0 Å². The number of hydrogen-bond acceptors (Lipinski definition) is 5. The monoisotopic (exact) mass is 436 g/mol. The third-order valence-corrected chi connectivity index (χ3v) is 8.09. The molecule has 168 valence electrons. The predicted octanol–water partition coefficient (Wildman–Crippen LogP) is 2.20. The highest BCUT2D eigenvalue weighted by Gasteiger charge is 2.50. The summed E-state index contributed by atoms with van der Waals surface area (Å²) in [5.74, 6) is 2.02. The van der Waals surface area contributed by atoms with Crippen molar-refractivity contribution in [2.24, 2.45) is 23.7 Å². The first-order chi connectivity index (χ1) is 15.5. The van der Waals surface area contributed by atoms with Gasteiger partial charge >= 0.3 is 5.97 Å². The number of benzene rings is 1. The minimum Gasteiger partial charge on any atom is -0.365 e. The van der Waals surface area contributed by atoms with Crippen molar-refractivity contribution in [1.82, 2.24) is 9.96 Å². The third kappa shape index (κ3) is 3.17. The first kappa shape index (κ1) is 20.0. The average Bonchev–Trinajstić information content (AvgIpc) is 3.53. The van der Waals surface area contributed by atoms with Crippen molar-refractivity contribution in [3.8, 4) is 0 Å². The van der Waals surface area contributed by atoms with Gasteiger partial charge in [-0.25, -0.2) is 0 Å². The van der Waals surface area contributed by atoms with Crippen LogP contribution in [0.3, 0.4) is 0 Å². The molecule has 0 radical (unpaired) electrons. The van der Waals surface area contributed by atoms with Gasteiger partial charge in [-0.05, 0) is 53.2 Å². The summed E-state index contributed by atoms with van der Waals surface area (Å²) in [6.07, 6.45) is 7.60. The molecule has 7 nitrogen and oxygen atoms in total. The van der Waals surface area contributed by atoms with Crippen molar-refractivity contribution in [2.75, 3.05) is 19.7 Å². The molecule has 1 aromatic rings. The molecular formula is C25H28N2O5. The van der Waals surface area contributed by atoms with Crippen LogP contribution in [0.15, 0.2) is 30.4 Å². The minimum absolute atomic E-state index is 0.0845. The molecule has 0 N–H and O–H groups in total. The Morgan fingerprint density at radius 1 is 1.16 bits per heavy atom. The molecule has 2 heterocycles. The van der Waals surface area contributed by atoms with E-state index >= 15 is 0 Å². The van der Waals surface area contributed by atoms with Gasteiger partial charge in [0.2, 0.25) is 5.91 Å². The molecule has 0 spiro atoms. The van der Waals surface area contributed by atoms with Gasteiger partial charge in [-0.2, -0.15) is 5.06 Å². The first-order valence-electron chi connectivity index (χ1n) is 11.7. The van der Waals surface area contributed by atoms with Crippen LogP contribution in [0.4, 0.5) is 0 Å². The molecule has 7 heteroatoms. The van der Waals surface area contributed by atoms with Gasteiger partial charge in [0.1, 0.15) is 12.6 Å². The van der Waals surface area contributed by atoms with Crippen LogP contribution in [-0.2, 0) is 36.8 Å². The number of ether oxygens (including phenoxy) is 1. The molecule has 3 fully saturated rings. The molecule has 0 unspecified atom stereocenters. The van der Waals surface area contributed by atoms with E-state index in [1.165, 1.54) is 18.4 Å². The lowest BCUT2D eigenvalue weighted by Gasteiger charge is -2.35. The molecule has 6 rings (SSSR count).